The zero-order chi connectivity index (χ0) is 22.1. The number of aliphatic carboxylic acids is 2. The summed E-state index contributed by atoms with van der Waals surface area (Å²) in [6, 6.07) is 2.80. The highest BCUT2D eigenvalue weighted by molar-refractivity contribution is 5.98. The Balaban J connectivity index is 0.00000480. The molecule has 1 fully saturated rings. The van der Waals surface area contributed by atoms with Crippen molar-refractivity contribution >= 4 is 24.3 Å². The second-order valence-corrected chi connectivity index (χ2v) is 8.40. The lowest BCUT2D eigenvalue weighted by Crippen LogP contribution is -2.39. The highest BCUT2D eigenvalue weighted by Gasteiger charge is 2.51. The topological polar surface area (TPSA) is 86.6 Å². The summed E-state index contributed by atoms with van der Waals surface area (Å²) in [5.41, 5.74) is -1.26. The van der Waals surface area contributed by atoms with Crippen LogP contribution in [-0.4, -0.2) is 28.2 Å². The average molecular weight is 462 g/mol. The molecule has 5 nitrogen and oxygen atoms in total. The van der Waals surface area contributed by atoms with Crippen molar-refractivity contribution in [1.82, 2.24) is 5.32 Å². The number of unbranched alkanes of at least 4 members (excludes halogenated alkanes) is 6. The standard InChI is InChI=1S/C23H33F2NO4.ClH/c1-2-3-4-5-6-7-8-9-16-10-11-17(20(25)19(16)24)15-26-18-12-13-23(14-18,21(27)28)22(29)30;/h10-11,18,26H,2-9,12-15H2,1H3,(H,27,28)(H,29,30);1H. The van der Waals surface area contributed by atoms with Crippen LogP contribution in [0.25, 0.3) is 0 Å². The fourth-order valence-corrected chi connectivity index (χ4v) is 4.19. The molecule has 1 aliphatic rings. The molecule has 0 heterocycles. The first-order valence-corrected chi connectivity index (χ1v) is 11.0. The SMILES string of the molecule is CCCCCCCCCc1ccc(CNC2CCC(C(=O)O)(C(=O)O)C2)c(F)c1F.Cl. The smallest absolute Gasteiger partial charge is 0.321 e. The second kappa shape index (κ2) is 13.0. The van der Waals surface area contributed by atoms with E-state index >= 15 is 0 Å². The second-order valence-electron chi connectivity index (χ2n) is 8.40. The van der Waals surface area contributed by atoms with Crippen LogP contribution in [-0.2, 0) is 22.6 Å². The van der Waals surface area contributed by atoms with Crippen LogP contribution in [0.4, 0.5) is 8.78 Å². The quantitative estimate of drug-likeness (QED) is 0.267. The summed E-state index contributed by atoms with van der Waals surface area (Å²) in [5.74, 6) is -4.42. The molecule has 0 spiro atoms. The van der Waals surface area contributed by atoms with Gasteiger partial charge in [-0.1, -0.05) is 57.6 Å². The molecule has 176 valence electrons. The molecule has 2 rings (SSSR count). The van der Waals surface area contributed by atoms with Crippen molar-refractivity contribution < 1.29 is 28.6 Å². The van der Waals surface area contributed by atoms with E-state index in [0.717, 1.165) is 19.3 Å². The van der Waals surface area contributed by atoms with E-state index < -0.39 is 29.0 Å². The average Bonchev–Trinajstić information content (AvgIpc) is 3.16. The Labute approximate surface area is 189 Å². The third kappa shape index (κ3) is 7.14. The molecule has 1 aromatic carbocycles. The summed E-state index contributed by atoms with van der Waals surface area (Å²) in [4.78, 5) is 22.8. The number of halogens is 3. The van der Waals surface area contributed by atoms with Crippen molar-refractivity contribution in [2.45, 2.75) is 90.1 Å². The Bertz CT molecular complexity index is 731. The lowest BCUT2D eigenvalue weighted by Gasteiger charge is -2.19. The first kappa shape index (κ1) is 27.3. The predicted molar refractivity (Wildman–Crippen MR) is 117 cm³/mol. The summed E-state index contributed by atoms with van der Waals surface area (Å²) in [7, 11) is 0. The minimum atomic E-state index is -1.80. The molecule has 1 aliphatic carbocycles. The number of carboxylic acids is 2. The van der Waals surface area contributed by atoms with Gasteiger partial charge in [-0.2, -0.15) is 0 Å². The highest BCUT2D eigenvalue weighted by atomic mass is 35.5. The Morgan fingerprint density at radius 2 is 1.55 bits per heavy atom. The molecule has 0 bridgehead atoms. The van der Waals surface area contributed by atoms with Gasteiger partial charge >= 0.3 is 11.9 Å². The monoisotopic (exact) mass is 461 g/mol. The molecule has 1 unspecified atom stereocenters. The van der Waals surface area contributed by atoms with Crippen molar-refractivity contribution in [3.8, 4) is 0 Å². The van der Waals surface area contributed by atoms with Gasteiger partial charge in [0.15, 0.2) is 17.0 Å². The number of carbonyl (C=O) groups is 2. The molecule has 3 N–H and O–H groups in total. The maximum absolute atomic E-state index is 14.5. The molecule has 0 radical (unpaired) electrons. The zero-order valence-electron chi connectivity index (χ0n) is 18.1. The molecular formula is C23H34ClF2NO4. The van der Waals surface area contributed by atoms with Crippen LogP contribution in [0, 0.1) is 17.0 Å². The molecule has 1 atom stereocenters. The molecule has 1 aromatic rings. The zero-order valence-corrected chi connectivity index (χ0v) is 18.9. The number of nitrogens with one attached hydrogen (secondary N) is 1. The maximum Gasteiger partial charge on any atom is 0.321 e. The molecule has 0 aromatic heterocycles. The Kier molecular flexibility index (Phi) is 11.4. The normalized spacial score (nSPS) is 17.3. The molecule has 0 aliphatic heterocycles. The van der Waals surface area contributed by atoms with Crippen LogP contribution >= 0.6 is 12.4 Å². The lowest BCUT2D eigenvalue weighted by molar-refractivity contribution is -0.164. The van der Waals surface area contributed by atoms with E-state index in [2.05, 4.69) is 12.2 Å². The number of carboxylic acid groups (broad SMARTS) is 2. The van der Waals surface area contributed by atoms with Gasteiger partial charge in [-0.3, -0.25) is 9.59 Å². The largest absolute Gasteiger partial charge is 0.480 e. The summed E-state index contributed by atoms with van der Waals surface area (Å²) in [6.45, 7) is 2.20. The van der Waals surface area contributed by atoms with Crippen molar-refractivity contribution in [3.63, 3.8) is 0 Å². The van der Waals surface area contributed by atoms with Gasteiger partial charge in [-0.15, -0.1) is 12.4 Å². The summed E-state index contributed by atoms with van der Waals surface area (Å²) >= 11 is 0. The number of benzene rings is 1. The van der Waals surface area contributed by atoms with Gasteiger partial charge in [0.2, 0.25) is 0 Å². The van der Waals surface area contributed by atoms with E-state index in [-0.39, 0.29) is 43.4 Å². The molecule has 1 saturated carbocycles. The van der Waals surface area contributed by atoms with Crippen molar-refractivity contribution in [2.75, 3.05) is 0 Å². The van der Waals surface area contributed by atoms with Crippen LogP contribution in [0.2, 0.25) is 0 Å². The minimum absolute atomic E-state index is 0. The van der Waals surface area contributed by atoms with Crippen molar-refractivity contribution in [1.29, 1.82) is 0 Å². The number of hydrogen-bond acceptors (Lipinski definition) is 3. The van der Waals surface area contributed by atoms with Crippen molar-refractivity contribution in [2.24, 2.45) is 5.41 Å². The summed E-state index contributed by atoms with van der Waals surface area (Å²) in [5, 5.41) is 21.5. The third-order valence-electron chi connectivity index (χ3n) is 6.21. The van der Waals surface area contributed by atoms with E-state index in [1.807, 2.05) is 0 Å². The van der Waals surface area contributed by atoms with Crippen LogP contribution in [0.5, 0.6) is 0 Å². The van der Waals surface area contributed by atoms with Gasteiger partial charge in [0, 0.05) is 18.2 Å². The first-order chi connectivity index (χ1) is 14.3. The number of hydrogen-bond donors (Lipinski definition) is 3. The van der Waals surface area contributed by atoms with Crippen LogP contribution in [0.15, 0.2) is 12.1 Å². The molecule has 31 heavy (non-hydrogen) atoms. The first-order valence-electron chi connectivity index (χ1n) is 11.0. The van der Waals surface area contributed by atoms with E-state index in [1.54, 1.807) is 12.1 Å². The van der Waals surface area contributed by atoms with Gasteiger partial charge in [0.1, 0.15) is 0 Å². The lowest BCUT2D eigenvalue weighted by atomic mass is 9.86. The fraction of sp³-hybridized carbons (Fsp3) is 0.652. The Morgan fingerprint density at radius 1 is 1.00 bits per heavy atom. The Morgan fingerprint density at radius 3 is 2.13 bits per heavy atom. The van der Waals surface area contributed by atoms with Crippen LogP contribution in [0.1, 0.15) is 82.3 Å². The van der Waals surface area contributed by atoms with E-state index in [1.165, 1.54) is 25.7 Å². The van der Waals surface area contributed by atoms with E-state index in [0.29, 0.717) is 18.4 Å². The van der Waals surface area contributed by atoms with E-state index in [4.69, 9.17) is 0 Å². The number of aryl methyl sites for hydroxylation is 1. The fourth-order valence-electron chi connectivity index (χ4n) is 4.19. The Hall–Kier alpha value is -1.73. The third-order valence-corrected chi connectivity index (χ3v) is 6.21. The summed E-state index contributed by atoms with van der Waals surface area (Å²) < 4.78 is 28.9. The molecular weight excluding hydrogens is 428 g/mol. The van der Waals surface area contributed by atoms with Gasteiger partial charge in [-0.25, -0.2) is 8.78 Å². The highest BCUT2D eigenvalue weighted by Crippen LogP contribution is 2.39. The van der Waals surface area contributed by atoms with E-state index in [9.17, 15) is 28.6 Å². The molecule has 8 heteroatoms. The summed E-state index contributed by atoms with van der Waals surface area (Å²) in [6.07, 6.45) is 8.61. The predicted octanol–water partition coefficient (Wildman–Crippen LogP) is 5.48. The maximum atomic E-state index is 14.5. The van der Waals surface area contributed by atoms with Gasteiger partial charge in [0.25, 0.3) is 0 Å². The molecule has 0 saturated heterocycles. The van der Waals surface area contributed by atoms with Crippen molar-refractivity contribution in [3.05, 3.63) is 34.9 Å². The van der Waals surface area contributed by atoms with Crippen LogP contribution in [0.3, 0.4) is 0 Å². The van der Waals surface area contributed by atoms with Gasteiger partial charge in [0.05, 0.1) is 0 Å². The van der Waals surface area contributed by atoms with Gasteiger partial charge < -0.3 is 15.5 Å². The van der Waals surface area contributed by atoms with Crippen LogP contribution < -0.4 is 5.32 Å². The minimum Gasteiger partial charge on any atom is -0.480 e. The number of rotatable bonds is 13. The molecule has 0 amide bonds. The van der Waals surface area contributed by atoms with Gasteiger partial charge in [-0.05, 0) is 37.7 Å².